The molecule has 0 aliphatic heterocycles. The minimum atomic E-state index is -0.652. The van der Waals surface area contributed by atoms with Crippen molar-refractivity contribution in [2.24, 2.45) is 5.92 Å². The van der Waals surface area contributed by atoms with Crippen LogP contribution in [0.3, 0.4) is 0 Å². The maximum absolute atomic E-state index is 12.5. The molecule has 0 saturated carbocycles. The van der Waals surface area contributed by atoms with E-state index in [1.165, 1.54) is 7.11 Å². The highest BCUT2D eigenvalue weighted by atomic mass is 16.5. The van der Waals surface area contributed by atoms with Gasteiger partial charge in [0.15, 0.2) is 0 Å². The SMILES string of the molecule is COc1ccccc1C(=O)N[C@@H](C(=O)NCc1ccccn1)C(C)C. The van der Waals surface area contributed by atoms with Gasteiger partial charge in [-0.1, -0.05) is 32.0 Å². The van der Waals surface area contributed by atoms with E-state index in [1.807, 2.05) is 32.0 Å². The van der Waals surface area contributed by atoms with Crippen molar-refractivity contribution >= 4 is 11.8 Å². The van der Waals surface area contributed by atoms with Crippen LogP contribution in [0.15, 0.2) is 48.7 Å². The Hall–Kier alpha value is -2.89. The van der Waals surface area contributed by atoms with Gasteiger partial charge in [-0.3, -0.25) is 14.6 Å². The maximum Gasteiger partial charge on any atom is 0.255 e. The molecule has 0 bridgehead atoms. The molecule has 1 atom stereocenters. The molecule has 2 N–H and O–H groups in total. The van der Waals surface area contributed by atoms with E-state index in [2.05, 4.69) is 15.6 Å². The Balaban J connectivity index is 2.04. The third kappa shape index (κ3) is 5.04. The summed E-state index contributed by atoms with van der Waals surface area (Å²) in [6.07, 6.45) is 1.67. The molecular weight excluding hydrogens is 318 g/mol. The average molecular weight is 341 g/mol. The van der Waals surface area contributed by atoms with Crippen molar-refractivity contribution in [2.75, 3.05) is 7.11 Å². The Morgan fingerprint density at radius 3 is 2.48 bits per heavy atom. The summed E-state index contributed by atoms with van der Waals surface area (Å²) in [5.41, 5.74) is 1.16. The maximum atomic E-state index is 12.5. The number of hydrogen-bond acceptors (Lipinski definition) is 4. The summed E-state index contributed by atoms with van der Waals surface area (Å²) < 4.78 is 5.20. The molecule has 6 heteroatoms. The molecule has 25 heavy (non-hydrogen) atoms. The normalized spacial score (nSPS) is 11.7. The summed E-state index contributed by atoms with van der Waals surface area (Å²) in [7, 11) is 1.51. The predicted molar refractivity (Wildman–Crippen MR) is 95.2 cm³/mol. The van der Waals surface area contributed by atoms with E-state index in [0.29, 0.717) is 17.9 Å². The molecule has 0 aliphatic rings. The zero-order valence-corrected chi connectivity index (χ0v) is 14.7. The fourth-order valence-corrected chi connectivity index (χ4v) is 2.38. The fraction of sp³-hybridized carbons (Fsp3) is 0.316. The van der Waals surface area contributed by atoms with Crippen molar-refractivity contribution in [3.05, 3.63) is 59.9 Å². The lowest BCUT2D eigenvalue weighted by Gasteiger charge is -2.22. The lowest BCUT2D eigenvalue weighted by molar-refractivity contribution is -0.124. The molecular formula is C19H23N3O3. The molecule has 0 saturated heterocycles. The van der Waals surface area contributed by atoms with E-state index in [-0.39, 0.29) is 17.7 Å². The lowest BCUT2D eigenvalue weighted by Crippen LogP contribution is -2.49. The molecule has 2 aromatic rings. The van der Waals surface area contributed by atoms with Crippen LogP contribution in [0.5, 0.6) is 5.75 Å². The number of carbonyl (C=O) groups excluding carboxylic acids is 2. The third-order valence-electron chi connectivity index (χ3n) is 3.76. The van der Waals surface area contributed by atoms with Crippen molar-refractivity contribution in [1.29, 1.82) is 0 Å². The number of para-hydroxylation sites is 1. The number of ether oxygens (including phenoxy) is 1. The van der Waals surface area contributed by atoms with Crippen LogP contribution in [-0.2, 0) is 11.3 Å². The van der Waals surface area contributed by atoms with E-state index in [4.69, 9.17) is 4.74 Å². The molecule has 0 aliphatic carbocycles. The third-order valence-corrected chi connectivity index (χ3v) is 3.76. The van der Waals surface area contributed by atoms with Gasteiger partial charge in [0.05, 0.1) is 24.9 Å². The molecule has 0 fully saturated rings. The lowest BCUT2D eigenvalue weighted by atomic mass is 10.0. The van der Waals surface area contributed by atoms with Crippen molar-refractivity contribution < 1.29 is 14.3 Å². The van der Waals surface area contributed by atoms with Crippen molar-refractivity contribution in [3.63, 3.8) is 0 Å². The van der Waals surface area contributed by atoms with Gasteiger partial charge in [-0.15, -0.1) is 0 Å². The van der Waals surface area contributed by atoms with Crippen molar-refractivity contribution in [3.8, 4) is 5.75 Å². The summed E-state index contributed by atoms with van der Waals surface area (Å²) in [5, 5.41) is 5.61. The molecule has 1 aromatic heterocycles. The number of rotatable bonds is 7. The Kier molecular flexibility index (Phi) is 6.51. The molecule has 132 valence electrons. The van der Waals surface area contributed by atoms with E-state index in [0.717, 1.165) is 5.69 Å². The number of amides is 2. The van der Waals surface area contributed by atoms with Gasteiger partial charge in [0.2, 0.25) is 5.91 Å². The summed E-state index contributed by atoms with van der Waals surface area (Å²) in [6.45, 7) is 4.08. The number of benzene rings is 1. The summed E-state index contributed by atoms with van der Waals surface area (Å²) in [5.74, 6) is -0.188. The second kappa shape index (κ2) is 8.82. The van der Waals surface area contributed by atoms with Gasteiger partial charge in [-0.2, -0.15) is 0 Å². The topological polar surface area (TPSA) is 80.3 Å². The van der Waals surface area contributed by atoms with Crippen LogP contribution >= 0.6 is 0 Å². The smallest absolute Gasteiger partial charge is 0.255 e. The van der Waals surface area contributed by atoms with E-state index < -0.39 is 6.04 Å². The fourth-order valence-electron chi connectivity index (χ4n) is 2.38. The molecule has 0 unspecified atom stereocenters. The average Bonchev–Trinajstić information content (AvgIpc) is 2.64. The van der Waals surface area contributed by atoms with Crippen molar-refractivity contribution in [2.45, 2.75) is 26.4 Å². The number of pyridine rings is 1. The molecule has 2 rings (SSSR count). The first-order chi connectivity index (χ1) is 12.0. The molecule has 1 heterocycles. The van der Waals surface area contributed by atoms with Gasteiger partial charge in [0.1, 0.15) is 11.8 Å². The molecule has 0 spiro atoms. The highest BCUT2D eigenvalue weighted by Gasteiger charge is 2.25. The molecule has 0 radical (unpaired) electrons. The van der Waals surface area contributed by atoms with Crippen LogP contribution in [0, 0.1) is 5.92 Å². The first kappa shape index (κ1) is 18.4. The quantitative estimate of drug-likeness (QED) is 0.809. The minimum absolute atomic E-state index is 0.0672. The van der Waals surface area contributed by atoms with E-state index in [1.54, 1.807) is 30.5 Å². The molecule has 6 nitrogen and oxygen atoms in total. The van der Waals surface area contributed by atoms with Crippen LogP contribution in [0.1, 0.15) is 29.9 Å². The van der Waals surface area contributed by atoms with Crippen LogP contribution < -0.4 is 15.4 Å². The Bertz CT molecular complexity index is 717. The monoisotopic (exact) mass is 341 g/mol. The molecule has 1 aromatic carbocycles. The Labute approximate surface area is 147 Å². The van der Waals surface area contributed by atoms with Gasteiger partial charge in [0.25, 0.3) is 5.91 Å². The Morgan fingerprint density at radius 1 is 1.12 bits per heavy atom. The zero-order valence-electron chi connectivity index (χ0n) is 14.7. The number of hydrogen-bond donors (Lipinski definition) is 2. The van der Waals surface area contributed by atoms with Crippen LogP contribution in [-0.4, -0.2) is 29.9 Å². The standard InChI is InChI=1S/C19H23N3O3/c1-13(2)17(19(24)21-12-14-8-6-7-11-20-14)22-18(23)15-9-4-5-10-16(15)25-3/h4-11,13,17H,12H2,1-3H3,(H,21,24)(H,22,23)/t17-/m1/s1. The van der Waals surface area contributed by atoms with E-state index in [9.17, 15) is 9.59 Å². The van der Waals surface area contributed by atoms with Gasteiger partial charge in [-0.25, -0.2) is 0 Å². The van der Waals surface area contributed by atoms with Gasteiger partial charge in [-0.05, 0) is 30.2 Å². The highest BCUT2D eigenvalue weighted by Crippen LogP contribution is 2.17. The number of carbonyl (C=O) groups is 2. The first-order valence-corrected chi connectivity index (χ1v) is 8.14. The summed E-state index contributed by atoms with van der Waals surface area (Å²) in [6, 6.07) is 11.8. The number of aromatic nitrogens is 1. The van der Waals surface area contributed by atoms with E-state index >= 15 is 0 Å². The summed E-state index contributed by atoms with van der Waals surface area (Å²) >= 11 is 0. The largest absolute Gasteiger partial charge is 0.496 e. The minimum Gasteiger partial charge on any atom is -0.496 e. The predicted octanol–water partition coefficient (Wildman–Crippen LogP) is 2.16. The van der Waals surface area contributed by atoms with Gasteiger partial charge < -0.3 is 15.4 Å². The summed E-state index contributed by atoms with van der Waals surface area (Å²) in [4.78, 5) is 29.2. The number of methoxy groups -OCH3 is 1. The second-order valence-electron chi connectivity index (χ2n) is 5.93. The Morgan fingerprint density at radius 2 is 1.84 bits per heavy atom. The number of nitrogens with one attached hydrogen (secondary N) is 2. The second-order valence-corrected chi connectivity index (χ2v) is 5.93. The zero-order chi connectivity index (χ0) is 18.2. The number of nitrogens with zero attached hydrogens (tertiary/aromatic N) is 1. The highest BCUT2D eigenvalue weighted by molar-refractivity contribution is 5.99. The van der Waals surface area contributed by atoms with Crippen LogP contribution in [0.4, 0.5) is 0 Å². The van der Waals surface area contributed by atoms with Gasteiger partial charge in [0, 0.05) is 6.20 Å². The van der Waals surface area contributed by atoms with Gasteiger partial charge >= 0.3 is 0 Å². The first-order valence-electron chi connectivity index (χ1n) is 8.14. The van der Waals surface area contributed by atoms with Crippen LogP contribution in [0.2, 0.25) is 0 Å². The molecule has 2 amide bonds. The van der Waals surface area contributed by atoms with Crippen molar-refractivity contribution in [1.82, 2.24) is 15.6 Å². The van der Waals surface area contributed by atoms with Crippen LogP contribution in [0.25, 0.3) is 0 Å².